The molecule has 0 saturated heterocycles. The molecule has 0 aliphatic rings. The molecule has 0 unspecified atom stereocenters. The number of halogens is 4. The van der Waals surface area contributed by atoms with E-state index in [-0.39, 0.29) is 6.42 Å². The SMILES string of the molecule is F[C-](F)Cc1ccc(Br)cc1.[Zn+][Br]. The van der Waals surface area contributed by atoms with Crippen molar-refractivity contribution in [2.45, 2.75) is 6.42 Å². The Morgan fingerprint density at radius 3 is 2.00 bits per heavy atom. The molecular weight excluding hydrogens is 359 g/mol. The number of benzene rings is 1. The van der Waals surface area contributed by atoms with E-state index in [0.717, 1.165) is 4.47 Å². The summed E-state index contributed by atoms with van der Waals surface area (Å²) in [6.45, 7) is 0. The Hall–Kier alpha value is 0.663. The van der Waals surface area contributed by atoms with Crippen LogP contribution in [0.5, 0.6) is 0 Å². The van der Waals surface area contributed by atoms with Gasteiger partial charge in [-0.1, -0.05) is 40.0 Å². The van der Waals surface area contributed by atoms with Crippen LogP contribution < -0.4 is 0 Å². The Morgan fingerprint density at radius 2 is 1.62 bits per heavy atom. The Labute approximate surface area is 101 Å². The molecule has 0 fully saturated rings. The van der Waals surface area contributed by atoms with E-state index in [9.17, 15) is 8.78 Å². The Kier molecular flexibility index (Phi) is 8.42. The van der Waals surface area contributed by atoms with E-state index in [2.05, 4.69) is 29.6 Å². The van der Waals surface area contributed by atoms with Crippen molar-refractivity contribution in [1.82, 2.24) is 0 Å². The van der Waals surface area contributed by atoms with Gasteiger partial charge in [0.05, 0.1) is 0 Å². The average Bonchev–Trinajstić information content (AvgIpc) is 2.12. The summed E-state index contributed by atoms with van der Waals surface area (Å²) in [7, 11) is 0. The van der Waals surface area contributed by atoms with Gasteiger partial charge in [0, 0.05) is 10.9 Å². The third-order valence-corrected chi connectivity index (χ3v) is 1.78. The van der Waals surface area contributed by atoms with Crippen LogP contribution in [-0.4, -0.2) is 0 Å². The van der Waals surface area contributed by atoms with Gasteiger partial charge in [-0.05, 0) is 12.1 Å². The summed E-state index contributed by atoms with van der Waals surface area (Å²) in [4.78, 5) is 0. The first-order chi connectivity index (χ1) is 6.18. The van der Waals surface area contributed by atoms with E-state index in [4.69, 9.17) is 0 Å². The van der Waals surface area contributed by atoms with Gasteiger partial charge in [0.1, 0.15) is 0 Å². The van der Waals surface area contributed by atoms with Crippen molar-refractivity contribution in [3.63, 3.8) is 0 Å². The molecule has 0 aromatic heterocycles. The van der Waals surface area contributed by atoms with Crippen LogP contribution in [-0.2, 0) is 22.8 Å². The molecule has 0 aliphatic heterocycles. The van der Waals surface area contributed by atoms with Crippen molar-refractivity contribution in [2.75, 3.05) is 0 Å². The summed E-state index contributed by atoms with van der Waals surface area (Å²) in [5, 5.41) is 0. The molecule has 0 radical (unpaired) electrons. The van der Waals surface area contributed by atoms with Gasteiger partial charge >= 0.3 is 30.0 Å². The minimum atomic E-state index is -1.55. The normalized spacial score (nSPS) is 9.46. The molecule has 13 heavy (non-hydrogen) atoms. The number of rotatable bonds is 2. The van der Waals surface area contributed by atoms with Gasteiger partial charge in [-0.15, -0.1) is 0 Å². The van der Waals surface area contributed by atoms with E-state index in [1.807, 2.05) is 0 Å². The second-order valence-corrected chi connectivity index (χ2v) is 3.06. The first-order valence-corrected chi connectivity index (χ1v) is 11.1. The van der Waals surface area contributed by atoms with Crippen LogP contribution in [0.25, 0.3) is 0 Å². The minimum absolute atomic E-state index is 0.243. The summed E-state index contributed by atoms with van der Waals surface area (Å²) < 4.78 is 24.4. The molecule has 0 amide bonds. The van der Waals surface area contributed by atoms with Gasteiger partial charge in [0.2, 0.25) is 0 Å². The maximum atomic E-state index is 11.7. The van der Waals surface area contributed by atoms with Crippen molar-refractivity contribution >= 4 is 29.6 Å². The van der Waals surface area contributed by atoms with Crippen molar-refractivity contribution in [3.05, 3.63) is 40.7 Å². The summed E-state index contributed by atoms with van der Waals surface area (Å²) in [5.74, 6) is 0. The van der Waals surface area contributed by atoms with E-state index in [1.54, 1.807) is 24.3 Å². The first kappa shape index (κ1) is 13.7. The Morgan fingerprint density at radius 1 is 1.15 bits per heavy atom. The van der Waals surface area contributed by atoms with E-state index >= 15 is 0 Å². The topological polar surface area (TPSA) is 0 Å². The molecule has 1 aromatic carbocycles. The second kappa shape index (κ2) is 8.01. The molecule has 1 aromatic rings. The van der Waals surface area contributed by atoms with Crippen LogP contribution in [0.15, 0.2) is 28.7 Å². The summed E-state index contributed by atoms with van der Waals surface area (Å²) >= 11 is 7.47. The fourth-order valence-electron chi connectivity index (χ4n) is 0.757. The summed E-state index contributed by atoms with van der Waals surface area (Å²) in [6, 6.07) is 6.84. The van der Waals surface area contributed by atoms with Crippen LogP contribution in [0.1, 0.15) is 5.56 Å². The predicted octanol–water partition coefficient (Wildman–Crippen LogP) is 4.26. The zero-order chi connectivity index (χ0) is 10.3. The second-order valence-electron chi connectivity index (χ2n) is 2.14. The monoisotopic (exact) mass is 362 g/mol. The molecule has 0 heterocycles. The molecule has 5 heteroatoms. The zero-order valence-corrected chi connectivity index (χ0v) is 12.9. The molecule has 0 bridgehead atoms. The molecule has 0 N–H and O–H groups in total. The number of hydrogen-bond donors (Lipinski definition) is 0. The van der Waals surface area contributed by atoms with Crippen molar-refractivity contribution in [2.24, 2.45) is 0 Å². The molecule has 0 atom stereocenters. The molecular formula is C8H6Br2F2Zn. The van der Waals surface area contributed by atoms with Gasteiger partial charge in [-0.2, -0.15) is 0 Å². The van der Waals surface area contributed by atoms with Crippen LogP contribution in [0, 0.1) is 6.43 Å². The average molecular weight is 365 g/mol. The fraction of sp³-hybridized carbons (Fsp3) is 0.125. The van der Waals surface area contributed by atoms with E-state index in [0.29, 0.717) is 5.56 Å². The maximum absolute atomic E-state index is 11.7. The van der Waals surface area contributed by atoms with E-state index < -0.39 is 6.43 Å². The number of hydrogen-bond acceptors (Lipinski definition) is 0. The quantitative estimate of drug-likeness (QED) is 0.543. The zero-order valence-electron chi connectivity index (χ0n) is 6.74. The van der Waals surface area contributed by atoms with Crippen LogP contribution in [0.3, 0.4) is 0 Å². The molecule has 68 valence electrons. The summed E-state index contributed by atoms with van der Waals surface area (Å²) in [6.07, 6.45) is -1.79. The molecule has 0 aliphatic carbocycles. The third kappa shape index (κ3) is 6.70. The molecule has 0 nitrogen and oxygen atoms in total. The Balaban J connectivity index is 0.000000671. The van der Waals surface area contributed by atoms with Gasteiger partial charge in [0.25, 0.3) is 0 Å². The van der Waals surface area contributed by atoms with Crippen molar-refractivity contribution < 1.29 is 25.1 Å². The standard InChI is InChI=1S/C8H6BrF2.BrH.Zn/c9-7-3-1-6(2-4-7)5-8(10)11;;/h1-4H,5H2;1H;/q-1;;+2/p-1. The van der Waals surface area contributed by atoms with Gasteiger partial charge in [-0.25, -0.2) is 0 Å². The first-order valence-electron chi connectivity index (χ1n) is 3.36. The van der Waals surface area contributed by atoms with Crippen molar-refractivity contribution in [1.29, 1.82) is 0 Å². The van der Waals surface area contributed by atoms with Crippen molar-refractivity contribution in [3.8, 4) is 0 Å². The van der Waals surface area contributed by atoms with Crippen LogP contribution in [0.2, 0.25) is 0 Å². The van der Waals surface area contributed by atoms with Gasteiger partial charge in [-0.3, -0.25) is 0 Å². The fourth-order valence-corrected chi connectivity index (χ4v) is 1.02. The molecule has 0 saturated carbocycles. The van der Waals surface area contributed by atoms with E-state index in [1.165, 1.54) is 16.3 Å². The molecule has 1 rings (SSSR count). The Bertz CT molecular complexity index is 226. The molecule has 0 spiro atoms. The predicted molar refractivity (Wildman–Crippen MR) is 52.2 cm³/mol. The van der Waals surface area contributed by atoms with Gasteiger partial charge in [0.15, 0.2) is 0 Å². The van der Waals surface area contributed by atoms with Gasteiger partial charge < -0.3 is 8.78 Å². The summed E-state index contributed by atoms with van der Waals surface area (Å²) in [5.41, 5.74) is 0.633. The van der Waals surface area contributed by atoms with Crippen LogP contribution >= 0.6 is 29.6 Å². The third-order valence-electron chi connectivity index (χ3n) is 1.25. The van der Waals surface area contributed by atoms with Crippen LogP contribution in [0.4, 0.5) is 8.78 Å².